The molecule has 10 nitrogen and oxygen atoms in total. The molecule has 16 heteroatoms. The number of halogens is 6. The standard InChI is InChI=1S/C21H29F6N7O3/c1-12(31-15-9-30-32-18(36)17(15)21(25,26)27)11-37-6-3-16(35)34-5-4-33(10-13(34)2)19-28-7-14(8-29-19)20(22,23)24/h7-8,12-13,15,17,30-31H,3-6,9-11H2,1-2H3,(H,32,36)/t12-,13+,15?,17?/m0/s1. The van der Waals surface area contributed by atoms with Crippen LogP contribution in [0.15, 0.2) is 12.4 Å². The summed E-state index contributed by atoms with van der Waals surface area (Å²) in [5, 5.41) is 2.75. The maximum absolute atomic E-state index is 13.2. The predicted octanol–water partition coefficient (Wildman–Crippen LogP) is 1.10. The molecule has 1 aromatic rings. The number of piperazine rings is 1. The van der Waals surface area contributed by atoms with Crippen molar-refractivity contribution < 1.29 is 40.7 Å². The van der Waals surface area contributed by atoms with E-state index in [0.29, 0.717) is 19.6 Å². The molecular weight excluding hydrogens is 512 g/mol. The van der Waals surface area contributed by atoms with Crippen LogP contribution in [0.3, 0.4) is 0 Å². The van der Waals surface area contributed by atoms with Crippen molar-refractivity contribution in [1.82, 2.24) is 31.0 Å². The third-order valence-corrected chi connectivity index (χ3v) is 6.09. The van der Waals surface area contributed by atoms with E-state index in [-0.39, 0.29) is 44.1 Å². The molecular formula is C21H29F6N7O3. The number of rotatable bonds is 8. The molecule has 4 atom stereocenters. The molecule has 0 aliphatic carbocycles. The second-order valence-corrected chi connectivity index (χ2v) is 9.04. The minimum Gasteiger partial charge on any atom is -0.379 e. The topological polar surface area (TPSA) is 112 Å². The number of hydrogen-bond acceptors (Lipinski definition) is 8. The number of amides is 2. The highest BCUT2D eigenvalue weighted by atomic mass is 19.4. The molecule has 2 amide bonds. The molecule has 208 valence electrons. The summed E-state index contributed by atoms with van der Waals surface area (Å²) in [7, 11) is 0. The molecule has 2 saturated heterocycles. The Hall–Kier alpha value is -2.72. The van der Waals surface area contributed by atoms with Gasteiger partial charge in [-0.15, -0.1) is 0 Å². The highest BCUT2D eigenvalue weighted by Crippen LogP contribution is 2.30. The van der Waals surface area contributed by atoms with Crippen LogP contribution >= 0.6 is 0 Å². The first-order valence-electron chi connectivity index (χ1n) is 11.6. The summed E-state index contributed by atoms with van der Waals surface area (Å²) in [6.07, 6.45) is -7.73. The Morgan fingerprint density at radius 1 is 1.22 bits per heavy atom. The molecule has 0 aromatic carbocycles. The van der Waals surface area contributed by atoms with Gasteiger partial charge in [-0.2, -0.15) is 26.3 Å². The van der Waals surface area contributed by atoms with Crippen LogP contribution in [0.1, 0.15) is 25.8 Å². The molecule has 3 rings (SSSR count). The largest absolute Gasteiger partial charge is 0.419 e. The molecule has 0 saturated carbocycles. The zero-order valence-corrected chi connectivity index (χ0v) is 20.2. The Bertz CT molecular complexity index is 931. The first kappa shape index (κ1) is 28.8. The maximum atomic E-state index is 13.2. The molecule has 3 N–H and O–H groups in total. The maximum Gasteiger partial charge on any atom is 0.419 e. The predicted molar refractivity (Wildman–Crippen MR) is 118 cm³/mol. The van der Waals surface area contributed by atoms with E-state index in [4.69, 9.17) is 4.74 Å². The van der Waals surface area contributed by atoms with E-state index in [1.165, 1.54) is 0 Å². The average Bonchev–Trinajstić information content (AvgIpc) is 2.80. The minimum atomic E-state index is -4.70. The van der Waals surface area contributed by atoms with Crippen LogP contribution < -0.4 is 21.1 Å². The van der Waals surface area contributed by atoms with Crippen LogP contribution in [0.2, 0.25) is 0 Å². The van der Waals surface area contributed by atoms with Gasteiger partial charge in [-0.1, -0.05) is 0 Å². The summed E-state index contributed by atoms with van der Waals surface area (Å²) in [6, 6.07) is -1.93. The quantitative estimate of drug-likeness (QED) is 0.332. The van der Waals surface area contributed by atoms with Gasteiger partial charge in [0.25, 0.3) is 0 Å². The van der Waals surface area contributed by atoms with Gasteiger partial charge in [-0.25, -0.2) is 15.4 Å². The molecule has 0 bridgehead atoms. The van der Waals surface area contributed by atoms with Crippen molar-refractivity contribution in [2.24, 2.45) is 5.92 Å². The summed E-state index contributed by atoms with van der Waals surface area (Å²) in [5.74, 6) is -3.39. The van der Waals surface area contributed by atoms with E-state index < -0.39 is 41.8 Å². The molecule has 0 spiro atoms. The lowest BCUT2D eigenvalue weighted by molar-refractivity contribution is -0.193. The average molecular weight is 541 g/mol. The van der Waals surface area contributed by atoms with Gasteiger partial charge in [0.05, 0.1) is 25.2 Å². The Kier molecular flexibility index (Phi) is 9.18. The second kappa shape index (κ2) is 11.8. The molecule has 0 radical (unpaired) electrons. The van der Waals surface area contributed by atoms with Crippen LogP contribution in [0.5, 0.6) is 0 Å². The molecule has 37 heavy (non-hydrogen) atoms. The van der Waals surface area contributed by atoms with Gasteiger partial charge in [0.1, 0.15) is 0 Å². The summed E-state index contributed by atoms with van der Waals surface area (Å²) in [4.78, 5) is 35.2. The smallest absolute Gasteiger partial charge is 0.379 e. The number of nitrogens with one attached hydrogen (secondary N) is 3. The number of aromatic nitrogens is 2. The minimum absolute atomic E-state index is 0.0323. The Morgan fingerprint density at radius 2 is 1.89 bits per heavy atom. The van der Waals surface area contributed by atoms with Crippen LogP contribution in [-0.4, -0.2) is 90.4 Å². The van der Waals surface area contributed by atoms with Crippen LogP contribution in [0.25, 0.3) is 0 Å². The fraction of sp³-hybridized carbons (Fsp3) is 0.714. The number of hydrogen-bond donors (Lipinski definition) is 3. The highest BCUT2D eigenvalue weighted by Gasteiger charge is 2.51. The van der Waals surface area contributed by atoms with Crippen molar-refractivity contribution in [2.45, 2.75) is 50.7 Å². The number of ether oxygens (including phenoxy) is 1. The van der Waals surface area contributed by atoms with E-state index in [1.807, 2.05) is 5.43 Å². The molecule has 1 aromatic heterocycles. The van der Waals surface area contributed by atoms with Crippen molar-refractivity contribution in [3.8, 4) is 0 Å². The Labute approximate surface area is 209 Å². The highest BCUT2D eigenvalue weighted by molar-refractivity contribution is 5.80. The summed E-state index contributed by atoms with van der Waals surface area (Å²) < 4.78 is 83.3. The van der Waals surface area contributed by atoms with Crippen molar-refractivity contribution in [2.75, 3.05) is 44.3 Å². The number of alkyl halides is 6. The fourth-order valence-corrected chi connectivity index (χ4v) is 4.28. The molecule has 2 aliphatic rings. The van der Waals surface area contributed by atoms with Crippen molar-refractivity contribution >= 4 is 17.8 Å². The zero-order chi connectivity index (χ0) is 27.4. The van der Waals surface area contributed by atoms with Crippen molar-refractivity contribution in [3.05, 3.63) is 18.0 Å². The van der Waals surface area contributed by atoms with Gasteiger partial charge in [0.2, 0.25) is 17.8 Å². The lowest BCUT2D eigenvalue weighted by Gasteiger charge is -2.40. The lowest BCUT2D eigenvalue weighted by atomic mass is 9.96. The number of carbonyl (C=O) groups excluding carboxylic acids is 2. The van der Waals surface area contributed by atoms with E-state index in [1.54, 1.807) is 23.6 Å². The zero-order valence-electron chi connectivity index (χ0n) is 20.2. The van der Waals surface area contributed by atoms with Crippen molar-refractivity contribution in [3.63, 3.8) is 0 Å². The third-order valence-electron chi connectivity index (χ3n) is 6.09. The van der Waals surface area contributed by atoms with Gasteiger partial charge in [-0.3, -0.25) is 15.0 Å². The second-order valence-electron chi connectivity index (χ2n) is 9.04. The van der Waals surface area contributed by atoms with Gasteiger partial charge in [0, 0.05) is 56.7 Å². The third kappa shape index (κ3) is 7.64. The number of carbonyl (C=O) groups is 2. The van der Waals surface area contributed by atoms with E-state index >= 15 is 0 Å². The van der Waals surface area contributed by atoms with Gasteiger partial charge < -0.3 is 19.9 Å². The van der Waals surface area contributed by atoms with Gasteiger partial charge >= 0.3 is 12.4 Å². The number of anilines is 1. The van der Waals surface area contributed by atoms with E-state index in [2.05, 4.69) is 20.7 Å². The van der Waals surface area contributed by atoms with Gasteiger partial charge in [-0.05, 0) is 13.8 Å². The molecule has 2 aliphatic heterocycles. The first-order chi connectivity index (χ1) is 17.3. The number of nitrogens with zero attached hydrogens (tertiary/aromatic N) is 4. The van der Waals surface area contributed by atoms with Gasteiger partial charge in [0.15, 0.2) is 5.92 Å². The van der Waals surface area contributed by atoms with Crippen LogP contribution in [-0.2, 0) is 20.5 Å². The van der Waals surface area contributed by atoms with Crippen LogP contribution in [0, 0.1) is 5.92 Å². The lowest BCUT2D eigenvalue weighted by Crippen LogP contribution is -2.64. The van der Waals surface area contributed by atoms with E-state index in [9.17, 15) is 35.9 Å². The molecule has 2 fully saturated rings. The summed E-state index contributed by atoms with van der Waals surface area (Å²) in [6.45, 7) is 4.38. The fourth-order valence-electron chi connectivity index (χ4n) is 4.28. The summed E-state index contributed by atoms with van der Waals surface area (Å²) in [5.41, 5.74) is 3.47. The Balaban J connectivity index is 1.40. The van der Waals surface area contributed by atoms with Crippen molar-refractivity contribution in [1.29, 1.82) is 0 Å². The first-order valence-corrected chi connectivity index (χ1v) is 11.6. The summed E-state index contributed by atoms with van der Waals surface area (Å²) >= 11 is 0. The van der Waals surface area contributed by atoms with Crippen LogP contribution in [0.4, 0.5) is 32.3 Å². The molecule has 2 unspecified atom stereocenters. The Morgan fingerprint density at radius 3 is 2.49 bits per heavy atom. The SMILES string of the molecule is C[C@@H]1CN(c2ncc(C(F)(F)F)cn2)CCN1C(=O)CCOC[C@H](C)NC1CNNC(=O)C1C(F)(F)F. The normalized spacial score (nSPS) is 24.1. The molecule has 3 heterocycles. The van der Waals surface area contributed by atoms with E-state index in [0.717, 1.165) is 12.4 Å². The monoisotopic (exact) mass is 541 g/mol. The number of hydrazine groups is 1.